The molecule has 104 valence electrons. The van der Waals surface area contributed by atoms with Crippen molar-refractivity contribution in [1.82, 2.24) is 0 Å². The van der Waals surface area contributed by atoms with Crippen molar-refractivity contribution in [3.05, 3.63) is 71.8 Å². The van der Waals surface area contributed by atoms with Crippen molar-refractivity contribution in [2.45, 2.75) is 25.0 Å². The maximum absolute atomic E-state index is 6.22. The van der Waals surface area contributed by atoms with Crippen LogP contribution in [0.25, 0.3) is 0 Å². The molecule has 1 fully saturated rings. The minimum atomic E-state index is -0.761. The summed E-state index contributed by atoms with van der Waals surface area (Å²) in [6.07, 6.45) is 3.34. The molecule has 0 N–H and O–H groups in total. The van der Waals surface area contributed by atoms with E-state index < -0.39 is 5.79 Å². The third-order valence-electron chi connectivity index (χ3n) is 3.71. The average molecular weight is 268 g/mol. The Bertz CT molecular complexity index is 472. The van der Waals surface area contributed by atoms with E-state index >= 15 is 0 Å². The molecular formula is C18H20O2. The van der Waals surface area contributed by atoms with Gasteiger partial charge in [0.25, 0.3) is 0 Å². The Balaban J connectivity index is 2.06. The summed E-state index contributed by atoms with van der Waals surface area (Å²) in [5, 5.41) is 0. The van der Waals surface area contributed by atoms with Crippen LogP contribution in [-0.4, -0.2) is 13.2 Å². The zero-order valence-corrected chi connectivity index (χ0v) is 11.6. The first-order valence-corrected chi connectivity index (χ1v) is 7.31. The number of hydrogen-bond donors (Lipinski definition) is 0. The first-order valence-electron chi connectivity index (χ1n) is 7.31. The van der Waals surface area contributed by atoms with E-state index in [-0.39, 0.29) is 0 Å². The van der Waals surface area contributed by atoms with Gasteiger partial charge in [-0.2, -0.15) is 0 Å². The monoisotopic (exact) mass is 268 g/mol. The minimum absolute atomic E-state index is 0.726. The number of ether oxygens (including phenoxy) is 2. The fraction of sp³-hybridized carbons (Fsp3) is 0.333. The van der Waals surface area contributed by atoms with E-state index in [1.54, 1.807) is 0 Å². The van der Waals surface area contributed by atoms with Crippen LogP contribution >= 0.6 is 0 Å². The van der Waals surface area contributed by atoms with Gasteiger partial charge < -0.3 is 9.47 Å². The van der Waals surface area contributed by atoms with Crippen molar-refractivity contribution in [1.29, 1.82) is 0 Å². The Morgan fingerprint density at radius 1 is 0.600 bits per heavy atom. The first-order chi connectivity index (χ1) is 9.92. The van der Waals surface area contributed by atoms with Gasteiger partial charge >= 0.3 is 0 Å². The standard InChI is InChI=1S/C18H20O2/c1-4-10-16(11-5-1)18(17-12-6-2-7-13-17)19-14-8-3-9-15-20-18/h1-2,4-7,10-13H,3,8-9,14-15H2. The van der Waals surface area contributed by atoms with Crippen LogP contribution < -0.4 is 0 Å². The zero-order chi connectivity index (χ0) is 13.7. The molecule has 1 aliphatic rings. The van der Waals surface area contributed by atoms with Gasteiger partial charge in [0.15, 0.2) is 0 Å². The molecule has 0 atom stereocenters. The number of hydrogen-bond acceptors (Lipinski definition) is 2. The second-order valence-corrected chi connectivity index (χ2v) is 5.11. The number of benzene rings is 2. The summed E-state index contributed by atoms with van der Waals surface area (Å²) in [5.74, 6) is -0.761. The summed E-state index contributed by atoms with van der Waals surface area (Å²) >= 11 is 0. The third-order valence-corrected chi connectivity index (χ3v) is 3.71. The van der Waals surface area contributed by atoms with Gasteiger partial charge in [0, 0.05) is 11.1 Å². The fourth-order valence-corrected chi connectivity index (χ4v) is 2.67. The van der Waals surface area contributed by atoms with Crippen LogP contribution in [0.1, 0.15) is 30.4 Å². The maximum atomic E-state index is 6.22. The highest BCUT2D eigenvalue weighted by molar-refractivity contribution is 5.33. The first kappa shape index (κ1) is 13.3. The Hall–Kier alpha value is -1.64. The van der Waals surface area contributed by atoms with E-state index in [4.69, 9.17) is 9.47 Å². The van der Waals surface area contributed by atoms with Crippen LogP contribution in [-0.2, 0) is 15.3 Å². The zero-order valence-electron chi connectivity index (χ0n) is 11.6. The maximum Gasteiger partial charge on any atom is 0.222 e. The van der Waals surface area contributed by atoms with E-state index in [1.165, 1.54) is 6.42 Å². The lowest BCUT2D eigenvalue weighted by Gasteiger charge is -2.36. The van der Waals surface area contributed by atoms with E-state index in [1.807, 2.05) is 36.4 Å². The van der Waals surface area contributed by atoms with Gasteiger partial charge in [0.2, 0.25) is 5.79 Å². The van der Waals surface area contributed by atoms with E-state index in [2.05, 4.69) is 24.3 Å². The van der Waals surface area contributed by atoms with Crippen LogP contribution in [0.3, 0.4) is 0 Å². The predicted molar refractivity (Wildman–Crippen MR) is 79.4 cm³/mol. The van der Waals surface area contributed by atoms with Gasteiger partial charge in [0.1, 0.15) is 0 Å². The predicted octanol–water partition coefficient (Wildman–Crippen LogP) is 4.10. The third kappa shape index (κ3) is 2.62. The molecule has 0 radical (unpaired) electrons. The van der Waals surface area contributed by atoms with Crippen molar-refractivity contribution < 1.29 is 9.47 Å². The summed E-state index contributed by atoms with van der Waals surface area (Å²) in [7, 11) is 0. The van der Waals surface area contributed by atoms with Gasteiger partial charge in [-0.05, 0) is 19.3 Å². The average Bonchev–Trinajstić information content (AvgIpc) is 2.49. The van der Waals surface area contributed by atoms with Crippen molar-refractivity contribution in [2.75, 3.05) is 13.2 Å². The molecule has 0 amide bonds. The largest absolute Gasteiger partial charge is 0.342 e. The molecule has 1 heterocycles. The van der Waals surface area contributed by atoms with Crippen molar-refractivity contribution >= 4 is 0 Å². The van der Waals surface area contributed by atoms with Crippen LogP contribution in [0.4, 0.5) is 0 Å². The molecule has 0 aromatic heterocycles. The lowest BCUT2D eigenvalue weighted by atomic mass is 9.96. The Labute approximate surface area is 120 Å². The molecule has 0 unspecified atom stereocenters. The molecule has 2 nitrogen and oxygen atoms in total. The van der Waals surface area contributed by atoms with Gasteiger partial charge in [-0.1, -0.05) is 60.7 Å². The molecule has 2 aromatic carbocycles. The topological polar surface area (TPSA) is 18.5 Å². The Kier molecular flexibility index (Phi) is 4.14. The SMILES string of the molecule is c1ccc(C2(c3ccccc3)OCCCCCO2)cc1. The quantitative estimate of drug-likeness (QED) is 0.816. The number of rotatable bonds is 2. The highest BCUT2D eigenvalue weighted by atomic mass is 16.7. The minimum Gasteiger partial charge on any atom is -0.342 e. The summed E-state index contributed by atoms with van der Waals surface area (Å²) in [4.78, 5) is 0. The Morgan fingerprint density at radius 3 is 1.50 bits per heavy atom. The lowest BCUT2D eigenvalue weighted by molar-refractivity contribution is -0.225. The van der Waals surface area contributed by atoms with Crippen molar-refractivity contribution in [3.8, 4) is 0 Å². The summed E-state index contributed by atoms with van der Waals surface area (Å²) in [5.41, 5.74) is 2.13. The van der Waals surface area contributed by atoms with E-state index in [9.17, 15) is 0 Å². The molecule has 0 saturated carbocycles. The normalized spacial score (nSPS) is 19.0. The summed E-state index contributed by atoms with van der Waals surface area (Å²) < 4.78 is 12.4. The lowest BCUT2D eigenvalue weighted by Crippen LogP contribution is -2.36. The molecule has 3 rings (SSSR count). The van der Waals surface area contributed by atoms with Crippen LogP contribution in [0, 0.1) is 0 Å². The van der Waals surface area contributed by atoms with Gasteiger partial charge in [-0.15, -0.1) is 0 Å². The van der Waals surface area contributed by atoms with Gasteiger partial charge in [0.05, 0.1) is 13.2 Å². The molecule has 0 bridgehead atoms. The molecule has 1 aliphatic heterocycles. The molecule has 0 spiro atoms. The summed E-state index contributed by atoms with van der Waals surface area (Å²) in [6, 6.07) is 20.5. The van der Waals surface area contributed by atoms with Crippen LogP contribution in [0.5, 0.6) is 0 Å². The van der Waals surface area contributed by atoms with E-state index in [0.717, 1.165) is 37.2 Å². The molecule has 2 heteroatoms. The molecule has 2 aromatic rings. The van der Waals surface area contributed by atoms with Gasteiger partial charge in [-0.3, -0.25) is 0 Å². The molecular weight excluding hydrogens is 248 g/mol. The second kappa shape index (κ2) is 6.21. The molecule has 1 saturated heterocycles. The van der Waals surface area contributed by atoms with Gasteiger partial charge in [-0.25, -0.2) is 0 Å². The van der Waals surface area contributed by atoms with E-state index in [0.29, 0.717) is 0 Å². The molecule has 20 heavy (non-hydrogen) atoms. The summed E-state index contributed by atoms with van der Waals surface area (Å²) in [6.45, 7) is 1.45. The molecule has 0 aliphatic carbocycles. The van der Waals surface area contributed by atoms with Crippen LogP contribution in [0.2, 0.25) is 0 Å². The highest BCUT2D eigenvalue weighted by Gasteiger charge is 2.37. The van der Waals surface area contributed by atoms with Crippen LogP contribution in [0.15, 0.2) is 60.7 Å². The fourth-order valence-electron chi connectivity index (χ4n) is 2.67. The van der Waals surface area contributed by atoms with Crippen molar-refractivity contribution in [2.24, 2.45) is 0 Å². The smallest absolute Gasteiger partial charge is 0.222 e. The highest BCUT2D eigenvalue weighted by Crippen LogP contribution is 2.36. The van der Waals surface area contributed by atoms with Crippen molar-refractivity contribution in [3.63, 3.8) is 0 Å². The Morgan fingerprint density at radius 2 is 1.05 bits per heavy atom. The second-order valence-electron chi connectivity index (χ2n) is 5.11.